The number of rotatable bonds is 5. The van der Waals surface area contributed by atoms with Crippen LogP contribution in [0.15, 0.2) is 41.3 Å². The zero-order chi connectivity index (χ0) is 11.3. The van der Waals surface area contributed by atoms with Gasteiger partial charge in [-0.25, -0.2) is 4.39 Å². The topological polar surface area (TPSA) is 12.0 Å². The molecular weight excluding hydrogens is 209 g/mol. The SMILES string of the molecule is C=C(C)C(CSc1cccc(F)c1)NC. The number of thioether (sulfide) groups is 1. The molecule has 1 aromatic rings. The minimum absolute atomic E-state index is 0.184. The Labute approximate surface area is 94.8 Å². The molecule has 0 spiro atoms. The molecule has 0 aliphatic rings. The highest BCUT2D eigenvalue weighted by Gasteiger charge is 2.07. The lowest BCUT2D eigenvalue weighted by atomic mass is 10.2. The minimum atomic E-state index is -0.184. The van der Waals surface area contributed by atoms with Gasteiger partial charge < -0.3 is 5.32 Å². The van der Waals surface area contributed by atoms with Crippen LogP contribution in [-0.2, 0) is 0 Å². The fourth-order valence-electron chi connectivity index (χ4n) is 1.21. The van der Waals surface area contributed by atoms with Crippen LogP contribution < -0.4 is 5.32 Å². The Morgan fingerprint density at radius 3 is 2.87 bits per heavy atom. The molecule has 1 N–H and O–H groups in total. The molecule has 0 radical (unpaired) electrons. The lowest BCUT2D eigenvalue weighted by Gasteiger charge is -2.15. The highest BCUT2D eigenvalue weighted by Crippen LogP contribution is 2.20. The molecule has 0 saturated carbocycles. The van der Waals surface area contributed by atoms with Crippen LogP contribution in [0.4, 0.5) is 4.39 Å². The van der Waals surface area contributed by atoms with Gasteiger partial charge in [0.25, 0.3) is 0 Å². The summed E-state index contributed by atoms with van der Waals surface area (Å²) in [6.07, 6.45) is 0. The van der Waals surface area contributed by atoms with E-state index < -0.39 is 0 Å². The van der Waals surface area contributed by atoms with Gasteiger partial charge in [-0.15, -0.1) is 11.8 Å². The van der Waals surface area contributed by atoms with Gasteiger partial charge >= 0.3 is 0 Å². The molecule has 0 aliphatic carbocycles. The molecule has 0 bridgehead atoms. The van der Waals surface area contributed by atoms with E-state index in [4.69, 9.17) is 0 Å². The third kappa shape index (κ3) is 4.06. The number of halogens is 1. The second-order valence-electron chi connectivity index (χ2n) is 3.46. The number of hydrogen-bond donors (Lipinski definition) is 1. The molecule has 0 amide bonds. The zero-order valence-corrected chi connectivity index (χ0v) is 9.90. The van der Waals surface area contributed by atoms with Crippen LogP contribution >= 0.6 is 11.8 Å². The number of likely N-dealkylation sites (N-methyl/N-ethyl adjacent to an activating group) is 1. The first kappa shape index (κ1) is 12.3. The molecule has 1 atom stereocenters. The maximum absolute atomic E-state index is 12.9. The van der Waals surface area contributed by atoms with Crippen molar-refractivity contribution in [2.75, 3.05) is 12.8 Å². The average molecular weight is 225 g/mol. The fraction of sp³-hybridized carbons (Fsp3) is 0.333. The highest BCUT2D eigenvalue weighted by molar-refractivity contribution is 7.99. The summed E-state index contributed by atoms with van der Waals surface area (Å²) in [7, 11) is 1.91. The lowest BCUT2D eigenvalue weighted by molar-refractivity contribution is 0.624. The van der Waals surface area contributed by atoms with E-state index >= 15 is 0 Å². The number of benzene rings is 1. The Hall–Kier alpha value is -0.800. The number of hydrogen-bond acceptors (Lipinski definition) is 2. The van der Waals surface area contributed by atoms with Crippen molar-refractivity contribution in [1.29, 1.82) is 0 Å². The predicted molar refractivity (Wildman–Crippen MR) is 64.8 cm³/mol. The van der Waals surface area contributed by atoms with Gasteiger partial charge in [0.15, 0.2) is 0 Å². The molecule has 3 heteroatoms. The molecule has 1 unspecified atom stereocenters. The molecule has 1 nitrogen and oxygen atoms in total. The minimum Gasteiger partial charge on any atom is -0.313 e. The number of nitrogens with one attached hydrogen (secondary N) is 1. The zero-order valence-electron chi connectivity index (χ0n) is 9.09. The first-order chi connectivity index (χ1) is 7.13. The highest BCUT2D eigenvalue weighted by atomic mass is 32.2. The fourth-order valence-corrected chi connectivity index (χ4v) is 2.39. The van der Waals surface area contributed by atoms with Crippen molar-refractivity contribution >= 4 is 11.8 Å². The summed E-state index contributed by atoms with van der Waals surface area (Å²) in [5.41, 5.74) is 1.10. The molecule has 0 heterocycles. The van der Waals surface area contributed by atoms with Crippen LogP contribution in [-0.4, -0.2) is 18.8 Å². The van der Waals surface area contributed by atoms with Gasteiger partial charge in [0.1, 0.15) is 5.82 Å². The summed E-state index contributed by atoms with van der Waals surface area (Å²) in [5.74, 6) is 0.686. The van der Waals surface area contributed by atoms with E-state index in [2.05, 4.69) is 11.9 Å². The van der Waals surface area contributed by atoms with Crippen molar-refractivity contribution in [2.24, 2.45) is 0 Å². The third-order valence-corrected chi connectivity index (χ3v) is 3.24. The normalized spacial score (nSPS) is 12.5. The third-order valence-electron chi connectivity index (χ3n) is 2.16. The molecule has 1 aromatic carbocycles. The molecule has 0 aliphatic heterocycles. The van der Waals surface area contributed by atoms with Crippen LogP contribution in [0.5, 0.6) is 0 Å². The van der Waals surface area contributed by atoms with Crippen molar-refractivity contribution in [2.45, 2.75) is 17.9 Å². The van der Waals surface area contributed by atoms with Crippen LogP contribution in [0.25, 0.3) is 0 Å². The Balaban J connectivity index is 2.52. The van der Waals surface area contributed by atoms with E-state index in [1.165, 1.54) is 6.07 Å². The van der Waals surface area contributed by atoms with Gasteiger partial charge in [-0.1, -0.05) is 18.2 Å². The second kappa shape index (κ2) is 5.93. The summed E-state index contributed by atoms with van der Waals surface area (Å²) in [6.45, 7) is 5.90. The predicted octanol–water partition coefficient (Wildman–Crippen LogP) is 3.08. The summed E-state index contributed by atoms with van der Waals surface area (Å²) in [5, 5.41) is 3.17. The molecule has 82 valence electrons. The van der Waals surface area contributed by atoms with E-state index in [1.807, 2.05) is 20.0 Å². The van der Waals surface area contributed by atoms with Crippen LogP contribution in [0.3, 0.4) is 0 Å². The average Bonchev–Trinajstić information content (AvgIpc) is 2.18. The Morgan fingerprint density at radius 1 is 1.60 bits per heavy atom. The molecule has 0 fully saturated rings. The lowest BCUT2D eigenvalue weighted by Crippen LogP contribution is -2.28. The van der Waals surface area contributed by atoms with Gasteiger partial charge in [-0.05, 0) is 32.2 Å². The van der Waals surface area contributed by atoms with Crippen LogP contribution in [0.1, 0.15) is 6.92 Å². The first-order valence-corrected chi connectivity index (χ1v) is 5.83. The van der Waals surface area contributed by atoms with Gasteiger partial charge in [0, 0.05) is 16.7 Å². The summed E-state index contributed by atoms with van der Waals surface area (Å²) in [6, 6.07) is 6.93. The van der Waals surface area contributed by atoms with E-state index in [-0.39, 0.29) is 11.9 Å². The molecule has 15 heavy (non-hydrogen) atoms. The standard InChI is InChI=1S/C12H16FNS/c1-9(2)12(14-3)8-15-11-6-4-5-10(13)7-11/h4-7,12,14H,1,8H2,2-3H3. The van der Waals surface area contributed by atoms with E-state index in [9.17, 15) is 4.39 Å². The van der Waals surface area contributed by atoms with Crippen molar-refractivity contribution in [3.05, 3.63) is 42.2 Å². The molecular formula is C12H16FNS. The Kier molecular flexibility index (Phi) is 4.85. The smallest absolute Gasteiger partial charge is 0.124 e. The van der Waals surface area contributed by atoms with Gasteiger partial charge in [0.05, 0.1) is 0 Å². The second-order valence-corrected chi connectivity index (χ2v) is 4.55. The van der Waals surface area contributed by atoms with Gasteiger partial charge in [0.2, 0.25) is 0 Å². The maximum Gasteiger partial charge on any atom is 0.124 e. The van der Waals surface area contributed by atoms with Crippen LogP contribution in [0, 0.1) is 5.82 Å². The van der Waals surface area contributed by atoms with Crippen molar-refractivity contribution in [3.63, 3.8) is 0 Å². The Bertz CT molecular complexity index is 338. The van der Waals surface area contributed by atoms with Gasteiger partial charge in [-0.3, -0.25) is 0 Å². The van der Waals surface area contributed by atoms with E-state index in [1.54, 1.807) is 23.9 Å². The molecule has 0 saturated heterocycles. The molecule has 0 aromatic heterocycles. The summed E-state index contributed by atoms with van der Waals surface area (Å²) >= 11 is 1.63. The van der Waals surface area contributed by atoms with E-state index in [0.29, 0.717) is 0 Å². The van der Waals surface area contributed by atoms with Crippen molar-refractivity contribution in [3.8, 4) is 0 Å². The van der Waals surface area contributed by atoms with Crippen LogP contribution in [0.2, 0.25) is 0 Å². The molecule has 1 rings (SSSR count). The first-order valence-electron chi connectivity index (χ1n) is 4.84. The van der Waals surface area contributed by atoms with E-state index in [0.717, 1.165) is 16.2 Å². The van der Waals surface area contributed by atoms with Crippen molar-refractivity contribution in [1.82, 2.24) is 5.32 Å². The summed E-state index contributed by atoms with van der Waals surface area (Å²) in [4.78, 5) is 0.955. The Morgan fingerprint density at radius 2 is 2.33 bits per heavy atom. The van der Waals surface area contributed by atoms with Crippen molar-refractivity contribution < 1.29 is 4.39 Å². The van der Waals surface area contributed by atoms with Gasteiger partial charge in [-0.2, -0.15) is 0 Å². The monoisotopic (exact) mass is 225 g/mol. The maximum atomic E-state index is 12.9. The summed E-state index contributed by atoms with van der Waals surface area (Å²) < 4.78 is 12.9. The largest absolute Gasteiger partial charge is 0.313 e. The quantitative estimate of drug-likeness (QED) is 0.610.